The van der Waals surface area contributed by atoms with E-state index in [1.165, 1.54) is 0 Å². The number of sulfonamides is 1. The number of nitrogens with one attached hydrogen (secondary N) is 1. The second-order valence-electron chi connectivity index (χ2n) is 6.31. The summed E-state index contributed by atoms with van der Waals surface area (Å²) in [7, 11) is -3.46. The fraction of sp³-hybridized carbons (Fsp3) is 0.733. The van der Waals surface area contributed by atoms with E-state index in [-0.39, 0.29) is 0 Å². The Morgan fingerprint density at radius 2 is 2.00 bits per heavy atom. The quantitative estimate of drug-likeness (QED) is 0.906. The first-order valence-electron chi connectivity index (χ1n) is 7.56. The topological polar surface area (TPSA) is 62.6 Å². The highest BCUT2D eigenvalue weighted by atomic mass is 32.2. The third kappa shape index (κ3) is 3.33. The van der Waals surface area contributed by atoms with Gasteiger partial charge in [-0.25, -0.2) is 8.42 Å². The molecule has 1 fully saturated rings. The molecule has 1 saturated heterocycles. The smallest absolute Gasteiger partial charge is 0.246 e. The maximum absolute atomic E-state index is 12.9. The molecule has 120 valence electrons. The first kappa shape index (κ1) is 16.5. The molecule has 1 N–H and O–H groups in total. The van der Waals surface area contributed by atoms with Crippen molar-refractivity contribution < 1.29 is 12.8 Å². The highest BCUT2D eigenvalue weighted by Gasteiger charge is 2.35. The summed E-state index contributed by atoms with van der Waals surface area (Å²) in [5.41, 5.74) is 0.765. The summed E-state index contributed by atoms with van der Waals surface area (Å²) in [4.78, 5) is 0.363. The summed E-state index contributed by atoms with van der Waals surface area (Å²) in [5.74, 6) is 1.60. The van der Waals surface area contributed by atoms with Crippen molar-refractivity contribution in [1.29, 1.82) is 0 Å². The van der Waals surface area contributed by atoms with Gasteiger partial charge in [0.15, 0.2) is 0 Å². The summed E-state index contributed by atoms with van der Waals surface area (Å²) in [6.07, 6.45) is 0.925. The molecule has 0 radical (unpaired) electrons. The zero-order valence-corrected chi connectivity index (χ0v) is 14.4. The minimum absolute atomic E-state index is 0.293. The minimum Gasteiger partial charge on any atom is -0.465 e. The fourth-order valence-corrected chi connectivity index (χ4v) is 4.79. The Bertz CT molecular complexity index is 605. The van der Waals surface area contributed by atoms with E-state index >= 15 is 0 Å². The van der Waals surface area contributed by atoms with Gasteiger partial charge in [0.1, 0.15) is 16.4 Å². The molecule has 1 aromatic rings. The standard InChI is InChI=1S/C15H26N2O3S/c1-10(2)16-8-14-12(4)20-13(5)15(14)21(18,19)17-7-6-11(3)9-17/h10-11,16H,6-9H2,1-5H3. The Balaban J connectivity index is 2.38. The lowest BCUT2D eigenvalue weighted by Crippen LogP contribution is -2.30. The second-order valence-corrected chi connectivity index (χ2v) is 8.19. The molecule has 0 bridgehead atoms. The molecular weight excluding hydrogens is 288 g/mol. The Morgan fingerprint density at radius 3 is 2.52 bits per heavy atom. The molecule has 1 aliphatic heterocycles. The number of hydrogen-bond donors (Lipinski definition) is 1. The maximum atomic E-state index is 12.9. The van der Waals surface area contributed by atoms with Crippen LogP contribution in [0.25, 0.3) is 0 Å². The van der Waals surface area contributed by atoms with Gasteiger partial charge in [-0.2, -0.15) is 4.31 Å². The minimum atomic E-state index is -3.46. The van der Waals surface area contributed by atoms with Crippen LogP contribution in [-0.4, -0.2) is 31.9 Å². The summed E-state index contributed by atoms with van der Waals surface area (Å²) in [5, 5.41) is 3.28. The van der Waals surface area contributed by atoms with E-state index < -0.39 is 10.0 Å². The van der Waals surface area contributed by atoms with Gasteiger partial charge in [-0.15, -0.1) is 0 Å². The van der Waals surface area contributed by atoms with Crippen molar-refractivity contribution in [2.75, 3.05) is 13.1 Å². The normalized spacial score (nSPS) is 20.6. The Kier molecular flexibility index (Phi) is 4.80. The molecule has 5 nitrogen and oxygen atoms in total. The number of rotatable bonds is 5. The van der Waals surface area contributed by atoms with Gasteiger partial charge in [0.25, 0.3) is 0 Å². The van der Waals surface area contributed by atoms with E-state index in [9.17, 15) is 8.42 Å². The van der Waals surface area contributed by atoms with Crippen molar-refractivity contribution in [3.05, 3.63) is 17.1 Å². The van der Waals surface area contributed by atoms with Gasteiger partial charge in [-0.05, 0) is 26.2 Å². The number of nitrogens with zero attached hydrogens (tertiary/aromatic N) is 1. The van der Waals surface area contributed by atoms with Crippen molar-refractivity contribution in [3.63, 3.8) is 0 Å². The van der Waals surface area contributed by atoms with E-state index in [1.54, 1.807) is 11.2 Å². The third-order valence-electron chi connectivity index (χ3n) is 4.00. The molecular formula is C15H26N2O3S. The molecule has 1 aromatic heterocycles. The van der Waals surface area contributed by atoms with Crippen LogP contribution in [-0.2, 0) is 16.6 Å². The highest BCUT2D eigenvalue weighted by molar-refractivity contribution is 7.89. The third-order valence-corrected chi connectivity index (χ3v) is 6.06. The van der Waals surface area contributed by atoms with Gasteiger partial charge in [-0.3, -0.25) is 0 Å². The van der Waals surface area contributed by atoms with E-state index in [4.69, 9.17) is 4.42 Å². The fourth-order valence-electron chi connectivity index (χ4n) is 2.80. The van der Waals surface area contributed by atoms with Gasteiger partial charge in [-0.1, -0.05) is 20.8 Å². The molecule has 2 rings (SSSR count). The molecule has 0 spiro atoms. The Hall–Kier alpha value is -0.850. The van der Waals surface area contributed by atoms with Gasteiger partial charge >= 0.3 is 0 Å². The maximum Gasteiger partial charge on any atom is 0.246 e. The molecule has 21 heavy (non-hydrogen) atoms. The van der Waals surface area contributed by atoms with Crippen LogP contribution >= 0.6 is 0 Å². The molecule has 6 heteroatoms. The predicted molar refractivity (Wildman–Crippen MR) is 82.7 cm³/mol. The van der Waals surface area contributed by atoms with Gasteiger partial charge in [0, 0.05) is 31.2 Å². The molecule has 0 aromatic carbocycles. The lowest BCUT2D eigenvalue weighted by molar-refractivity contribution is 0.457. The zero-order chi connectivity index (χ0) is 15.8. The van der Waals surface area contributed by atoms with E-state index in [0.29, 0.717) is 48.0 Å². The Labute approximate surface area is 127 Å². The van der Waals surface area contributed by atoms with Crippen LogP contribution in [0.1, 0.15) is 44.3 Å². The monoisotopic (exact) mass is 314 g/mol. The Morgan fingerprint density at radius 1 is 1.33 bits per heavy atom. The average molecular weight is 314 g/mol. The van der Waals surface area contributed by atoms with Crippen LogP contribution in [0.15, 0.2) is 9.31 Å². The lowest BCUT2D eigenvalue weighted by atomic mass is 10.2. The van der Waals surface area contributed by atoms with Crippen LogP contribution in [0.2, 0.25) is 0 Å². The second kappa shape index (κ2) is 6.10. The first-order chi connectivity index (χ1) is 9.73. The van der Waals surface area contributed by atoms with Crippen molar-refractivity contribution in [3.8, 4) is 0 Å². The van der Waals surface area contributed by atoms with E-state index in [2.05, 4.69) is 12.2 Å². The molecule has 1 aliphatic rings. The summed E-state index contributed by atoms with van der Waals surface area (Å²) in [6, 6.07) is 0.293. The largest absolute Gasteiger partial charge is 0.465 e. The SMILES string of the molecule is Cc1oc(C)c(S(=O)(=O)N2CCC(C)C2)c1CNC(C)C. The first-order valence-corrected chi connectivity index (χ1v) is 9.00. The van der Waals surface area contributed by atoms with Crippen molar-refractivity contribution >= 4 is 10.0 Å². The molecule has 1 atom stereocenters. The van der Waals surface area contributed by atoms with E-state index in [0.717, 1.165) is 12.0 Å². The van der Waals surface area contributed by atoms with Crippen LogP contribution in [0, 0.1) is 19.8 Å². The van der Waals surface area contributed by atoms with Crippen molar-refractivity contribution in [2.24, 2.45) is 5.92 Å². The van der Waals surface area contributed by atoms with Gasteiger partial charge in [0.2, 0.25) is 10.0 Å². The number of furan rings is 1. The lowest BCUT2D eigenvalue weighted by Gasteiger charge is -2.17. The van der Waals surface area contributed by atoms with Crippen molar-refractivity contribution in [1.82, 2.24) is 9.62 Å². The highest BCUT2D eigenvalue weighted by Crippen LogP contribution is 2.32. The summed E-state index contributed by atoms with van der Waals surface area (Å²) in [6.45, 7) is 11.4. The van der Waals surface area contributed by atoms with Crippen LogP contribution in [0.4, 0.5) is 0 Å². The predicted octanol–water partition coefficient (Wildman–Crippen LogP) is 2.42. The number of aryl methyl sites for hydroxylation is 2. The number of hydrogen-bond acceptors (Lipinski definition) is 4. The molecule has 1 unspecified atom stereocenters. The summed E-state index contributed by atoms with van der Waals surface area (Å²) < 4.78 is 33.0. The molecule has 0 amide bonds. The summed E-state index contributed by atoms with van der Waals surface area (Å²) >= 11 is 0. The van der Waals surface area contributed by atoms with Gasteiger partial charge < -0.3 is 9.73 Å². The molecule has 0 saturated carbocycles. The van der Waals surface area contributed by atoms with Crippen molar-refractivity contribution in [2.45, 2.75) is 58.5 Å². The zero-order valence-electron chi connectivity index (χ0n) is 13.6. The van der Waals surface area contributed by atoms with Crippen LogP contribution in [0.5, 0.6) is 0 Å². The van der Waals surface area contributed by atoms with Crippen LogP contribution in [0.3, 0.4) is 0 Å². The van der Waals surface area contributed by atoms with Crippen LogP contribution < -0.4 is 5.32 Å². The average Bonchev–Trinajstić information content (AvgIpc) is 2.91. The molecule has 0 aliphatic carbocycles. The van der Waals surface area contributed by atoms with Gasteiger partial charge in [0.05, 0.1) is 0 Å². The van der Waals surface area contributed by atoms with E-state index in [1.807, 2.05) is 20.8 Å². The molecule has 2 heterocycles.